The fourth-order valence-electron chi connectivity index (χ4n) is 13.3. The van der Waals surface area contributed by atoms with Crippen LogP contribution in [-0.4, -0.2) is 0 Å². The molecule has 2 nitrogen and oxygen atoms in total. The molecule has 3 aliphatic rings. The van der Waals surface area contributed by atoms with Gasteiger partial charge >= 0.3 is 0 Å². The second-order valence-electron chi connectivity index (χ2n) is 22.3. The smallest absolute Gasteiger partial charge is 0.0491 e. The van der Waals surface area contributed by atoms with Gasteiger partial charge in [0.05, 0.1) is 0 Å². The maximum absolute atomic E-state index is 2.52. The highest BCUT2D eigenvalue weighted by Gasteiger charge is 2.41. The Morgan fingerprint density at radius 1 is 0.360 bits per heavy atom. The number of nitrogens with zero attached hydrogens (tertiary/aromatic N) is 2. The average molecular weight is 969 g/mol. The van der Waals surface area contributed by atoms with Gasteiger partial charge in [0, 0.05) is 34.1 Å². The minimum Gasteiger partial charge on any atom is -0.310 e. The maximum atomic E-state index is 2.52. The van der Waals surface area contributed by atoms with Gasteiger partial charge in [0.1, 0.15) is 0 Å². The molecular formula is C73H64N2. The molecule has 10 aromatic rings. The highest BCUT2D eigenvalue weighted by molar-refractivity contribution is 5.86. The first-order valence-electron chi connectivity index (χ1n) is 27.3. The van der Waals surface area contributed by atoms with E-state index in [0.29, 0.717) is 5.41 Å². The molecule has 13 rings (SSSR count). The zero-order valence-corrected chi connectivity index (χ0v) is 43.7. The highest BCUT2D eigenvalue weighted by atomic mass is 15.1. The van der Waals surface area contributed by atoms with Crippen LogP contribution in [0.2, 0.25) is 0 Å². The maximum Gasteiger partial charge on any atom is 0.0491 e. The fourth-order valence-corrected chi connectivity index (χ4v) is 13.3. The molecule has 0 radical (unpaired) electrons. The van der Waals surface area contributed by atoms with Crippen LogP contribution in [0.5, 0.6) is 0 Å². The molecule has 75 heavy (non-hydrogen) atoms. The molecule has 1 unspecified atom stereocenters. The molecule has 0 aliphatic heterocycles. The number of aryl methyl sites for hydroxylation is 3. The minimum atomic E-state index is 0.303. The van der Waals surface area contributed by atoms with Gasteiger partial charge in [-0.05, 0) is 220 Å². The minimum absolute atomic E-state index is 0.303. The third-order valence-corrected chi connectivity index (χ3v) is 17.2. The number of benzene rings is 10. The van der Waals surface area contributed by atoms with Gasteiger partial charge < -0.3 is 9.80 Å². The molecule has 2 fully saturated rings. The Hall–Kier alpha value is -8.20. The molecule has 0 spiro atoms. The van der Waals surface area contributed by atoms with Gasteiger partial charge in [0.25, 0.3) is 0 Å². The first-order chi connectivity index (χ1) is 36.7. The molecule has 2 saturated carbocycles. The van der Waals surface area contributed by atoms with E-state index in [4.69, 9.17) is 0 Å². The lowest BCUT2D eigenvalue weighted by Crippen LogP contribution is -2.30. The summed E-state index contributed by atoms with van der Waals surface area (Å²) in [6, 6.07) is 86.1. The third-order valence-electron chi connectivity index (χ3n) is 17.2. The van der Waals surface area contributed by atoms with Gasteiger partial charge in [-0.15, -0.1) is 0 Å². The van der Waals surface area contributed by atoms with E-state index in [0.717, 1.165) is 41.0 Å². The second kappa shape index (κ2) is 19.3. The molecule has 2 heteroatoms. The summed E-state index contributed by atoms with van der Waals surface area (Å²) in [5, 5.41) is 0. The van der Waals surface area contributed by atoms with Crippen molar-refractivity contribution in [3.63, 3.8) is 0 Å². The summed E-state index contributed by atoms with van der Waals surface area (Å²) in [5.41, 5.74) is 27.7. The monoisotopic (exact) mass is 969 g/mol. The Labute approximate surface area is 444 Å². The van der Waals surface area contributed by atoms with Gasteiger partial charge in [0.2, 0.25) is 0 Å². The molecule has 3 atom stereocenters. The topological polar surface area (TPSA) is 6.48 Å². The van der Waals surface area contributed by atoms with E-state index in [2.05, 4.69) is 268 Å². The lowest BCUT2D eigenvalue weighted by molar-refractivity contribution is 0.232. The van der Waals surface area contributed by atoms with E-state index in [1.807, 2.05) is 0 Å². The quantitative estimate of drug-likeness (QED) is 0.127. The van der Waals surface area contributed by atoms with E-state index in [1.165, 1.54) is 132 Å². The Morgan fingerprint density at radius 3 is 1.32 bits per heavy atom. The molecular weight excluding hydrogens is 905 g/mol. The standard InChI is InChI=1S/C73H64N2/c1-49-14-32-65(33-15-49)75(68-38-39-70-63(46-68)45-62-12-8-9-13-69(62)70)72-41-29-61(43-51(72)3)59-20-18-58(19-21-59)60-28-40-71(50(2)42-60)74(66-34-24-56(25-35-66)54-10-6-5-7-11-54)67-36-26-57(27-37-67)55-22-30-64(31-23-55)73(4)47-52-16-17-53(44-52)48-73/h5-15,18-43,46,52-53H,16-17,44-45,47-48H2,1-4H3/t52-,53+,73?. The molecule has 0 amide bonds. The van der Waals surface area contributed by atoms with Crippen molar-refractivity contribution < 1.29 is 0 Å². The van der Waals surface area contributed by atoms with Crippen LogP contribution in [-0.2, 0) is 11.8 Å². The van der Waals surface area contributed by atoms with E-state index < -0.39 is 0 Å². The number of hydrogen-bond donors (Lipinski definition) is 0. The summed E-state index contributed by atoms with van der Waals surface area (Å²) >= 11 is 0. The third kappa shape index (κ3) is 8.97. The largest absolute Gasteiger partial charge is 0.310 e. The Morgan fingerprint density at radius 2 is 0.773 bits per heavy atom. The Balaban J connectivity index is 0.773. The number of anilines is 6. The predicted octanol–water partition coefficient (Wildman–Crippen LogP) is 20.3. The fraction of sp³-hybridized carbons (Fsp3) is 0.178. The molecule has 3 aliphatic carbocycles. The number of hydrogen-bond acceptors (Lipinski definition) is 2. The van der Waals surface area contributed by atoms with Gasteiger partial charge in [-0.3, -0.25) is 0 Å². The van der Waals surface area contributed by atoms with Gasteiger partial charge in [-0.1, -0.05) is 183 Å². The molecule has 2 bridgehead atoms. The summed E-state index contributed by atoms with van der Waals surface area (Å²) in [6.45, 7) is 9.17. The van der Waals surface area contributed by atoms with E-state index >= 15 is 0 Å². The zero-order chi connectivity index (χ0) is 50.6. The van der Waals surface area contributed by atoms with Crippen LogP contribution in [0.3, 0.4) is 0 Å². The first-order valence-corrected chi connectivity index (χ1v) is 27.3. The van der Waals surface area contributed by atoms with Crippen LogP contribution in [0, 0.1) is 32.6 Å². The van der Waals surface area contributed by atoms with Gasteiger partial charge in [0.15, 0.2) is 0 Å². The molecule has 10 aromatic carbocycles. The van der Waals surface area contributed by atoms with Crippen molar-refractivity contribution in [3.8, 4) is 55.6 Å². The van der Waals surface area contributed by atoms with Crippen molar-refractivity contribution in [1.82, 2.24) is 0 Å². The number of fused-ring (bicyclic) bond motifs is 5. The zero-order valence-electron chi connectivity index (χ0n) is 43.7. The number of rotatable bonds is 11. The van der Waals surface area contributed by atoms with Crippen LogP contribution in [0.1, 0.15) is 72.4 Å². The lowest BCUT2D eigenvalue weighted by atomic mass is 9.66. The average Bonchev–Trinajstić information content (AvgIpc) is 4.02. The first kappa shape index (κ1) is 46.6. The van der Waals surface area contributed by atoms with E-state index in [-0.39, 0.29) is 0 Å². The van der Waals surface area contributed by atoms with E-state index in [1.54, 1.807) is 0 Å². The van der Waals surface area contributed by atoms with Crippen molar-refractivity contribution >= 4 is 34.1 Å². The van der Waals surface area contributed by atoms with Crippen LogP contribution >= 0.6 is 0 Å². The highest BCUT2D eigenvalue weighted by Crippen LogP contribution is 2.52. The van der Waals surface area contributed by atoms with Gasteiger partial charge in [-0.25, -0.2) is 0 Å². The normalized spacial score (nSPS) is 17.3. The van der Waals surface area contributed by atoms with Crippen molar-refractivity contribution in [2.45, 2.75) is 71.6 Å². The lowest BCUT2D eigenvalue weighted by Gasteiger charge is -2.38. The molecule has 366 valence electrons. The van der Waals surface area contributed by atoms with Crippen molar-refractivity contribution in [1.29, 1.82) is 0 Å². The summed E-state index contributed by atoms with van der Waals surface area (Å²) in [4.78, 5) is 4.84. The summed E-state index contributed by atoms with van der Waals surface area (Å²) in [6.07, 6.45) is 7.95. The van der Waals surface area contributed by atoms with Crippen LogP contribution in [0.25, 0.3) is 55.6 Å². The molecule has 0 heterocycles. The molecule has 0 N–H and O–H groups in total. The van der Waals surface area contributed by atoms with Crippen molar-refractivity contribution in [2.24, 2.45) is 11.8 Å². The summed E-state index contributed by atoms with van der Waals surface area (Å²) in [5.74, 6) is 1.82. The van der Waals surface area contributed by atoms with Crippen LogP contribution in [0.4, 0.5) is 34.1 Å². The Bertz CT molecular complexity index is 3670. The Kier molecular flexibility index (Phi) is 12.0. The summed E-state index contributed by atoms with van der Waals surface area (Å²) < 4.78 is 0. The van der Waals surface area contributed by atoms with E-state index in [9.17, 15) is 0 Å². The predicted molar refractivity (Wildman–Crippen MR) is 317 cm³/mol. The SMILES string of the molecule is Cc1ccc(N(c2ccc3c(c2)Cc2ccccc2-3)c2ccc(-c3ccc(-c4ccc(N(c5ccc(-c6ccccc6)cc5)c5ccc(-c6ccc(C7(C)C[C@@H]8CC[C@@H](C8)C7)cc6)cc5)c(C)c4)cc3)cc2C)cc1. The summed E-state index contributed by atoms with van der Waals surface area (Å²) in [7, 11) is 0. The second-order valence-corrected chi connectivity index (χ2v) is 22.3. The van der Waals surface area contributed by atoms with Crippen LogP contribution < -0.4 is 9.80 Å². The molecule has 0 aromatic heterocycles. The van der Waals surface area contributed by atoms with Gasteiger partial charge in [-0.2, -0.15) is 0 Å². The molecule has 0 saturated heterocycles. The van der Waals surface area contributed by atoms with Crippen molar-refractivity contribution in [2.75, 3.05) is 9.80 Å². The van der Waals surface area contributed by atoms with Crippen LogP contribution in [0.15, 0.2) is 231 Å². The van der Waals surface area contributed by atoms with Crippen molar-refractivity contribution in [3.05, 3.63) is 264 Å².